The molecular weight excluding hydrogens is 166 g/mol. The van der Waals surface area contributed by atoms with Gasteiger partial charge in [-0.2, -0.15) is 4.98 Å². The van der Waals surface area contributed by atoms with Gasteiger partial charge >= 0.3 is 0 Å². The molecule has 0 aromatic carbocycles. The van der Waals surface area contributed by atoms with E-state index in [9.17, 15) is 0 Å². The van der Waals surface area contributed by atoms with Crippen molar-refractivity contribution in [2.75, 3.05) is 12.0 Å². The largest absolute Gasteiger partial charge is 0.444 e. The van der Waals surface area contributed by atoms with E-state index >= 15 is 0 Å². The molecule has 2 heterocycles. The number of nitrogens with one attached hydrogen (secondary N) is 2. The molecule has 72 valence electrons. The van der Waals surface area contributed by atoms with Crippen molar-refractivity contribution in [1.82, 2.24) is 10.3 Å². The van der Waals surface area contributed by atoms with E-state index in [0.29, 0.717) is 0 Å². The summed E-state index contributed by atoms with van der Waals surface area (Å²) in [5, 5.41) is 6.49. The van der Waals surface area contributed by atoms with Gasteiger partial charge in [0.1, 0.15) is 0 Å². The molecule has 1 aliphatic heterocycles. The van der Waals surface area contributed by atoms with Crippen molar-refractivity contribution in [2.45, 2.75) is 26.8 Å². The summed E-state index contributed by atoms with van der Waals surface area (Å²) < 4.78 is 5.36. The molecule has 0 bridgehead atoms. The molecule has 0 aliphatic carbocycles. The molecule has 13 heavy (non-hydrogen) atoms. The molecular formula is C9H15N3O. The maximum atomic E-state index is 5.36. The van der Waals surface area contributed by atoms with Crippen molar-refractivity contribution < 1.29 is 4.42 Å². The van der Waals surface area contributed by atoms with E-state index in [2.05, 4.69) is 36.4 Å². The fourth-order valence-electron chi connectivity index (χ4n) is 1.62. The second-order valence-corrected chi connectivity index (χ2v) is 4.42. The maximum absolute atomic E-state index is 5.36. The van der Waals surface area contributed by atoms with Gasteiger partial charge in [0.25, 0.3) is 0 Å². The average Bonchev–Trinajstić information content (AvgIpc) is 2.48. The molecule has 4 nitrogen and oxygen atoms in total. The first-order valence-electron chi connectivity index (χ1n) is 4.49. The predicted molar refractivity (Wildman–Crippen MR) is 50.3 cm³/mol. The highest BCUT2D eigenvalue weighted by molar-refractivity contribution is 5.42. The number of nitrogens with zero attached hydrogens (tertiary/aromatic N) is 1. The molecule has 0 spiro atoms. The van der Waals surface area contributed by atoms with E-state index in [-0.39, 0.29) is 11.5 Å². The Balaban J connectivity index is 2.35. The van der Waals surface area contributed by atoms with Crippen LogP contribution in [0.1, 0.15) is 32.6 Å². The lowest BCUT2D eigenvalue weighted by atomic mass is 9.84. The molecule has 1 atom stereocenters. The summed E-state index contributed by atoms with van der Waals surface area (Å²) in [6, 6.07) is 0.242. The monoisotopic (exact) mass is 181 g/mol. The van der Waals surface area contributed by atoms with Crippen LogP contribution in [-0.2, 0) is 0 Å². The first-order valence-corrected chi connectivity index (χ1v) is 4.49. The first kappa shape index (κ1) is 8.56. The zero-order valence-electron chi connectivity index (χ0n) is 8.22. The van der Waals surface area contributed by atoms with Gasteiger partial charge in [-0.25, -0.2) is 0 Å². The maximum Gasteiger partial charge on any atom is 0.183 e. The van der Waals surface area contributed by atoms with Gasteiger partial charge in [0.05, 0.1) is 12.7 Å². The van der Waals surface area contributed by atoms with Gasteiger partial charge in [0, 0.05) is 0 Å². The number of hydrogen-bond donors (Lipinski definition) is 2. The topological polar surface area (TPSA) is 50.1 Å². The number of aromatic nitrogens is 1. The Labute approximate surface area is 77.7 Å². The summed E-state index contributed by atoms with van der Waals surface area (Å²) in [6.07, 6.45) is 1.49. The number of fused-ring (bicyclic) bond motifs is 1. The van der Waals surface area contributed by atoms with Crippen LogP contribution >= 0.6 is 0 Å². The summed E-state index contributed by atoms with van der Waals surface area (Å²) in [4.78, 5) is 4.10. The Morgan fingerprint density at radius 3 is 3.00 bits per heavy atom. The van der Waals surface area contributed by atoms with Crippen molar-refractivity contribution >= 4 is 5.82 Å². The van der Waals surface area contributed by atoms with Crippen LogP contribution < -0.4 is 10.6 Å². The first-order chi connectivity index (χ1) is 6.09. The molecule has 0 saturated carbocycles. The van der Waals surface area contributed by atoms with Gasteiger partial charge in [0.15, 0.2) is 18.0 Å². The summed E-state index contributed by atoms with van der Waals surface area (Å²) in [7, 11) is 0. The SMILES string of the molecule is CC(C)(C)[C@@H]1NCNc2ncoc21. The van der Waals surface area contributed by atoms with E-state index in [1.54, 1.807) is 0 Å². The molecule has 4 heteroatoms. The summed E-state index contributed by atoms with van der Waals surface area (Å²) >= 11 is 0. The van der Waals surface area contributed by atoms with Crippen molar-refractivity contribution in [1.29, 1.82) is 0 Å². The van der Waals surface area contributed by atoms with Crippen LogP contribution in [0, 0.1) is 5.41 Å². The summed E-state index contributed by atoms with van der Waals surface area (Å²) in [5.74, 6) is 1.79. The Bertz CT molecular complexity index is 300. The average molecular weight is 181 g/mol. The number of oxazole rings is 1. The predicted octanol–water partition coefficient (Wildman–Crippen LogP) is 1.73. The second-order valence-electron chi connectivity index (χ2n) is 4.42. The van der Waals surface area contributed by atoms with Crippen LogP contribution in [0.5, 0.6) is 0 Å². The summed E-state index contributed by atoms with van der Waals surface area (Å²) in [5.41, 5.74) is 0.149. The van der Waals surface area contributed by atoms with E-state index in [1.165, 1.54) is 6.39 Å². The highest BCUT2D eigenvalue weighted by Crippen LogP contribution is 2.37. The van der Waals surface area contributed by atoms with Gasteiger partial charge in [-0.05, 0) is 5.41 Å². The molecule has 0 saturated heterocycles. The third-order valence-electron chi connectivity index (χ3n) is 2.29. The third kappa shape index (κ3) is 1.42. The molecule has 0 fully saturated rings. The molecule has 0 radical (unpaired) electrons. The number of rotatable bonds is 0. The summed E-state index contributed by atoms with van der Waals surface area (Å²) in [6.45, 7) is 7.30. The smallest absolute Gasteiger partial charge is 0.183 e. The van der Waals surface area contributed by atoms with Crippen LogP contribution in [0.3, 0.4) is 0 Å². The van der Waals surface area contributed by atoms with E-state index in [0.717, 1.165) is 18.2 Å². The molecule has 1 aromatic rings. The van der Waals surface area contributed by atoms with Gasteiger partial charge in [0.2, 0.25) is 0 Å². The number of anilines is 1. The van der Waals surface area contributed by atoms with Gasteiger partial charge in [-0.1, -0.05) is 20.8 Å². The molecule has 2 N–H and O–H groups in total. The Morgan fingerprint density at radius 2 is 2.31 bits per heavy atom. The Hall–Kier alpha value is -1.03. The normalized spacial score (nSPS) is 22.2. The lowest BCUT2D eigenvalue weighted by molar-refractivity contribution is 0.236. The molecule has 2 rings (SSSR count). The fraction of sp³-hybridized carbons (Fsp3) is 0.667. The molecule has 0 amide bonds. The molecule has 1 aromatic heterocycles. The quantitative estimate of drug-likeness (QED) is 0.640. The highest BCUT2D eigenvalue weighted by atomic mass is 16.3. The second kappa shape index (κ2) is 2.73. The van der Waals surface area contributed by atoms with Crippen molar-refractivity contribution in [3.05, 3.63) is 12.2 Å². The van der Waals surface area contributed by atoms with E-state index in [1.807, 2.05) is 0 Å². The molecule has 0 unspecified atom stereocenters. The van der Waals surface area contributed by atoms with Gasteiger partial charge in [-0.3, -0.25) is 5.32 Å². The van der Waals surface area contributed by atoms with Crippen LogP contribution in [0.25, 0.3) is 0 Å². The minimum atomic E-state index is 0.149. The minimum Gasteiger partial charge on any atom is -0.444 e. The van der Waals surface area contributed by atoms with Crippen LogP contribution in [0.15, 0.2) is 10.8 Å². The van der Waals surface area contributed by atoms with Crippen molar-refractivity contribution in [3.63, 3.8) is 0 Å². The zero-order valence-corrected chi connectivity index (χ0v) is 8.22. The minimum absolute atomic E-state index is 0.149. The third-order valence-corrected chi connectivity index (χ3v) is 2.29. The van der Waals surface area contributed by atoms with Crippen molar-refractivity contribution in [2.24, 2.45) is 5.41 Å². The Kier molecular flexibility index (Phi) is 1.80. The standard InChI is InChI=1S/C9H15N3O/c1-9(2,3)7-6-8(11-4-10-7)12-5-13-6/h5,7,10-11H,4H2,1-3H3/t7-/m1/s1. The number of hydrogen-bond acceptors (Lipinski definition) is 4. The van der Waals surface area contributed by atoms with Crippen LogP contribution in [-0.4, -0.2) is 11.7 Å². The van der Waals surface area contributed by atoms with E-state index < -0.39 is 0 Å². The van der Waals surface area contributed by atoms with Crippen molar-refractivity contribution in [3.8, 4) is 0 Å². The zero-order chi connectivity index (χ0) is 9.47. The highest BCUT2D eigenvalue weighted by Gasteiger charge is 2.33. The van der Waals surface area contributed by atoms with E-state index in [4.69, 9.17) is 4.42 Å². The van der Waals surface area contributed by atoms with Crippen LogP contribution in [0.2, 0.25) is 0 Å². The van der Waals surface area contributed by atoms with Gasteiger partial charge in [-0.15, -0.1) is 0 Å². The molecule has 1 aliphatic rings. The fourth-order valence-corrected chi connectivity index (χ4v) is 1.62. The Morgan fingerprint density at radius 1 is 1.54 bits per heavy atom. The van der Waals surface area contributed by atoms with Crippen LogP contribution in [0.4, 0.5) is 5.82 Å². The van der Waals surface area contributed by atoms with Gasteiger partial charge < -0.3 is 9.73 Å². The lowest BCUT2D eigenvalue weighted by Crippen LogP contribution is -2.39. The lowest BCUT2D eigenvalue weighted by Gasteiger charge is -2.33.